The molecule has 0 bridgehead atoms. The smallest absolute Gasteiger partial charge is 0.100 e. The molecule has 1 N–H and O–H groups in total. The third-order valence-electron chi connectivity index (χ3n) is 4.57. The van der Waals surface area contributed by atoms with Crippen LogP contribution in [0.4, 0.5) is 0 Å². The minimum Gasteiger partial charge on any atom is -0.319 e. The van der Waals surface area contributed by atoms with E-state index < -0.39 is 0 Å². The molecule has 2 saturated carbocycles. The van der Waals surface area contributed by atoms with Gasteiger partial charge in [0.25, 0.3) is 0 Å². The second-order valence-corrected chi connectivity index (χ2v) is 6.58. The van der Waals surface area contributed by atoms with Crippen LogP contribution in [-0.4, -0.2) is 18.6 Å². The van der Waals surface area contributed by atoms with Crippen molar-refractivity contribution in [3.05, 3.63) is 16.1 Å². The molecule has 94 valence electrons. The SMILES string of the molecule is CNCC1(c2nc(C3CCCC3)cs2)CCC1. The van der Waals surface area contributed by atoms with Crippen LogP contribution >= 0.6 is 11.3 Å². The van der Waals surface area contributed by atoms with E-state index in [0.717, 1.165) is 12.5 Å². The third-order valence-corrected chi connectivity index (χ3v) is 5.68. The highest BCUT2D eigenvalue weighted by Gasteiger charge is 2.40. The van der Waals surface area contributed by atoms with Gasteiger partial charge in [0.15, 0.2) is 0 Å². The van der Waals surface area contributed by atoms with Crippen molar-refractivity contribution >= 4 is 11.3 Å². The van der Waals surface area contributed by atoms with Gasteiger partial charge in [0.05, 0.1) is 5.69 Å². The lowest BCUT2D eigenvalue weighted by Crippen LogP contribution is -2.42. The summed E-state index contributed by atoms with van der Waals surface area (Å²) in [5.74, 6) is 0.770. The van der Waals surface area contributed by atoms with Crippen LogP contribution in [0.25, 0.3) is 0 Å². The van der Waals surface area contributed by atoms with E-state index in [-0.39, 0.29) is 0 Å². The fraction of sp³-hybridized carbons (Fsp3) is 0.786. The molecule has 0 amide bonds. The topological polar surface area (TPSA) is 24.9 Å². The molecule has 0 aromatic carbocycles. The quantitative estimate of drug-likeness (QED) is 0.885. The van der Waals surface area contributed by atoms with Crippen molar-refractivity contribution < 1.29 is 0 Å². The van der Waals surface area contributed by atoms with Gasteiger partial charge < -0.3 is 5.32 Å². The summed E-state index contributed by atoms with van der Waals surface area (Å²) in [6, 6.07) is 0. The first-order valence-electron chi connectivity index (χ1n) is 6.95. The summed E-state index contributed by atoms with van der Waals surface area (Å²) < 4.78 is 0. The fourth-order valence-electron chi connectivity index (χ4n) is 3.35. The van der Waals surface area contributed by atoms with Gasteiger partial charge in [0.2, 0.25) is 0 Å². The van der Waals surface area contributed by atoms with E-state index >= 15 is 0 Å². The number of hydrogen-bond donors (Lipinski definition) is 1. The largest absolute Gasteiger partial charge is 0.319 e. The molecule has 2 fully saturated rings. The first kappa shape index (κ1) is 11.7. The van der Waals surface area contributed by atoms with Gasteiger partial charge in [-0.2, -0.15) is 0 Å². The number of aromatic nitrogens is 1. The van der Waals surface area contributed by atoms with E-state index in [1.54, 1.807) is 0 Å². The minimum absolute atomic E-state index is 0.385. The maximum Gasteiger partial charge on any atom is 0.100 e. The van der Waals surface area contributed by atoms with Gasteiger partial charge >= 0.3 is 0 Å². The predicted molar refractivity (Wildman–Crippen MR) is 72.8 cm³/mol. The van der Waals surface area contributed by atoms with Crippen molar-refractivity contribution in [1.82, 2.24) is 10.3 Å². The standard InChI is InChI=1S/C14H22N2S/c1-15-10-14(7-4-8-14)13-16-12(9-17-13)11-5-2-3-6-11/h9,11,15H,2-8,10H2,1H3. The summed E-state index contributed by atoms with van der Waals surface area (Å²) >= 11 is 1.91. The van der Waals surface area contributed by atoms with E-state index in [1.807, 2.05) is 11.3 Å². The second-order valence-electron chi connectivity index (χ2n) is 5.72. The van der Waals surface area contributed by atoms with E-state index in [2.05, 4.69) is 17.7 Å². The molecule has 1 heterocycles. The number of rotatable bonds is 4. The molecule has 0 radical (unpaired) electrons. The molecule has 3 heteroatoms. The van der Waals surface area contributed by atoms with Crippen molar-refractivity contribution in [2.75, 3.05) is 13.6 Å². The first-order chi connectivity index (χ1) is 8.34. The highest BCUT2D eigenvalue weighted by Crippen LogP contribution is 2.45. The maximum absolute atomic E-state index is 4.98. The maximum atomic E-state index is 4.98. The zero-order valence-electron chi connectivity index (χ0n) is 10.7. The lowest BCUT2D eigenvalue weighted by Gasteiger charge is -2.40. The van der Waals surface area contributed by atoms with E-state index in [4.69, 9.17) is 4.98 Å². The Bertz CT molecular complexity index is 375. The molecule has 0 aliphatic heterocycles. The van der Waals surface area contributed by atoms with Crippen LogP contribution < -0.4 is 5.32 Å². The Balaban J connectivity index is 1.78. The molecule has 0 unspecified atom stereocenters. The molecule has 0 saturated heterocycles. The monoisotopic (exact) mass is 250 g/mol. The second kappa shape index (κ2) is 4.69. The molecule has 2 aliphatic rings. The van der Waals surface area contributed by atoms with Crippen molar-refractivity contribution in [1.29, 1.82) is 0 Å². The van der Waals surface area contributed by atoms with Crippen molar-refractivity contribution in [3.63, 3.8) is 0 Å². The Labute approximate surface area is 108 Å². The molecule has 3 rings (SSSR count). The summed E-state index contributed by atoms with van der Waals surface area (Å²) in [5, 5.41) is 7.09. The summed E-state index contributed by atoms with van der Waals surface area (Å²) in [6.45, 7) is 1.10. The van der Waals surface area contributed by atoms with E-state index in [0.29, 0.717) is 5.41 Å². The average molecular weight is 250 g/mol. The van der Waals surface area contributed by atoms with Gasteiger partial charge in [-0.3, -0.25) is 0 Å². The van der Waals surface area contributed by atoms with Crippen LogP contribution in [0.2, 0.25) is 0 Å². The van der Waals surface area contributed by atoms with Gasteiger partial charge in [0.1, 0.15) is 5.01 Å². The van der Waals surface area contributed by atoms with Crippen LogP contribution in [0.15, 0.2) is 5.38 Å². The molecular formula is C14H22N2S. The molecule has 2 aliphatic carbocycles. The minimum atomic E-state index is 0.385. The molecule has 1 aromatic rings. The molecule has 2 nitrogen and oxygen atoms in total. The number of hydrogen-bond acceptors (Lipinski definition) is 3. The predicted octanol–water partition coefficient (Wildman–Crippen LogP) is 3.44. The van der Waals surface area contributed by atoms with Crippen molar-refractivity contribution in [2.24, 2.45) is 0 Å². The van der Waals surface area contributed by atoms with Crippen LogP contribution in [0, 0.1) is 0 Å². The number of nitrogens with zero attached hydrogens (tertiary/aromatic N) is 1. The summed E-state index contributed by atoms with van der Waals surface area (Å²) in [7, 11) is 2.06. The van der Waals surface area contributed by atoms with Crippen LogP contribution in [0.5, 0.6) is 0 Å². The lowest BCUT2D eigenvalue weighted by molar-refractivity contribution is 0.237. The van der Waals surface area contributed by atoms with Gasteiger partial charge in [0, 0.05) is 23.3 Å². The highest BCUT2D eigenvalue weighted by atomic mass is 32.1. The highest BCUT2D eigenvalue weighted by molar-refractivity contribution is 7.09. The summed E-state index contributed by atoms with van der Waals surface area (Å²) in [4.78, 5) is 4.98. The average Bonchev–Trinajstić information content (AvgIpc) is 2.92. The summed E-state index contributed by atoms with van der Waals surface area (Å²) in [5.41, 5.74) is 1.78. The Kier molecular flexibility index (Phi) is 3.22. The molecule has 1 aromatic heterocycles. The van der Waals surface area contributed by atoms with E-state index in [9.17, 15) is 0 Å². The number of nitrogens with one attached hydrogen (secondary N) is 1. The normalized spacial score (nSPS) is 23.8. The molecular weight excluding hydrogens is 228 g/mol. The zero-order chi connectivity index (χ0) is 11.7. The first-order valence-corrected chi connectivity index (χ1v) is 7.82. The number of likely N-dealkylation sites (N-methyl/N-ethyl adjacent to an activating group) is 1. The molecule has 0 spiro atoms. The van der Waals surface area contributed by atoms with Crippen LogP contribution in [0.1, 0.15) is 61.6 Å². The Morgan fingerprint density at radius 2 is 2.12 bits per heavy atom. The van der Waals surface area contributed by atoms with Crippen molar-refractivity contribution in [3.8, 4) is 0 Å². The number of thiazole rings is 1. The molecule has 0 atom stereocenters. The van der Waals surface area contributed by atoms with Gasteiger partial charge in [-0.1, -0.05) is 19.3 Å². The Morgan fingerprint density at radius 3 is 2.71 bits per heavy atom. The van der Waals surface area contributed by atoms with E-state index in [1.165, 1.54) is 55.6 Å². The van der Waals surface area contributed by atoms with Gasteiger partial charge in [-0.25, -0.2) is 4.98 Å². The van der Waals surface area contributed by atoms with Gasteiger partial charge in [-0.05, 0) is 32.7 Å². The Morgan fingerprint density at radius 1 is 1.35 bits per heavy atom. The van der Waals surface area contributed by atoms with Crippen LogP contribution in [-0.2, 0) is 5.41 Å². The zero-order valence-corrected chi connectivity index (χ0v) is 11.5. The molecule has 17 heavy (non-hydrogen) atoms. The third kappa shape index (κ3) is 2.04. The fourth-order valence-corrected chi connectivity index (χ4v) is 4.51. The van der Waals surface area contributed by atoms with Gasteiger partial charge in [-0.15, -0.1) is 11.3 Å². The lowest BCUT2D eigenvalue weighted by atomic mass is 9.69. The Hall–Kier alpha value is -0.410. The summed E-state index contributed by atoms with van der Waals surface area (Å²) in [6.07, 6.45) is 9.56. The van der Waals surface area contributed by atoms with Crippen LogP contribution in [0.3, 0.4) is 0 Å². The van der Waals surface area contributed by atoms with Crippen molar-refractivity contribution in [2.45, 2.75) is 56.3 Å².